The molecule has 0 atom stereocenters. The lowest BCUT2D eigenvalue weighted by Gasteiger charge is -2.12. The summed E-state index contributed by atoms with van der Waals surface area (Å²) in [6.45, 7) is 0. The van der Waals surface area contributed by atoms with E-state index >= 15 is 0 Å². The van der Waals surface area contributed by atoms with Gasteiger partial charge in [-0.05, 0) is 36.4 Å². The third kappa shape index (κ3) is 3.27. The Morgan fingerprint density at radius 3 is 2.32 bits per heavy atom. The van der Waals surface area contributed by atoms with Crippen LogP contribution in [0.1, 0.15) is 5.56 Å². The van der Waals surface area contributed by atoms with Gasteiger partial charge in [-0.1, -0.05) is 23.2 Å². The Morgan fingerprint density at radius 1 is 0.960 bits per heavy atom. The summed E-state index contributed by atoms with van der Waals surface area (Å²) in [6, 6.07) is 11.3. The summed E-state index contributed by atoms with van der Waals surface area (Å²) < 4.78 is 27.4. The molecule has 3 nitrogen and oxygen atoms in total. The molecule has 0 aliphatic carbocycles. The van der Waals surface area contributed by atoms with E-state index in [0.29, 0.717) is 21.3 Å². The lowest BCUT2D eigenvalue weighted by molar-refractivity contribution is 0.585. The summed E-state index contributed by atoms with van der Waals surface area (Å²) in [6.07, 6.45) is 0. The Bertz CT molecular complexity index is 1030. The number of pyridine rings is 1. The van der Waals surface area contributed by atoms with Crippen molar-refractivity contribution in [3.63, 3.8) is 0 Å². The monoisotopic (exact) mass is 375 g/mol. The number of benzene rings is 2. The van der Waals surface area contributed by atoms with Crippen LogP contribution < -0.4 is 5.73 Å². The number of aromatic nitrogens is 1. The first-order valence-corrected chi connectivity index (χ1v) is 7.77. The van der Waals surface area contributed by atoms with Gasteiger partial charge in [0.1, 0.15) is 29.1 Å². The van der Waals surface area contributed by atoms with Gasteiger partial charge in [-0.2, -0.15) is 5.26 Å². The highest BCUT2D eigenvalue weighted by Gasteiger charge is 2.17. The molecular formula is C18H9Cl2F2N3. The highest BCUT2D eigenvalue weighted by atomic mass is 35.5. The van der Waals surface area contributed by atoms with Crippen LogP contribution in [0, 0.1) is 23.0 Å². The maximum Gasteiger partial charge on any atom is 0.142 e. The molecule has 2 N–H and O–H groups in total. The van der Waals surface area contributed by atoms with Gasteiger partial charge < -0.3 is 5.73 Å². The van der Waals surface area contributed by atoms with Gasteiger partial charge in [0.25, 0.3) is 0 Å². The number of hydrogen-bond acceptors (Lipinski definition) is 3. The van der Waals surface area contributed by atoms with E-state index in [0.717, 1.165) is 12.1 Å². The number of nitriles is 1. The van der Waals surface area contributed by atoms with E-state index in [2.05, 4.69) is 4.98 Å². The van der Waals surface area contributed by atoms with E-state index in [1.165, 1.54) is 18.2 Å². The first kappa shape index (κ1) is 17.2. The summed E-state index contributed by atoms with van der Waals surface area (Å²) >= 11 is 12.1. The molecule has 0 unspecified atom stereocenters. The van der Waals surface area contributed by atoms with E-state index in [9.17, 15) is 14.0 Å². The molecule has 0 fully saturated rings. The van der Waals surface area contributed by atoms with Crippen LogP contribution in [-0.4, -0.2) is 4.98 Å². The molecule has 0 radical (unpaired) electrons. The molecule has 2 aromatic carbocycles. The summed E-state index contributed by atoms with van der Waals surface area (Å²) in [5, 5.41) is 10.1. The molecule has 3 aromatic rings. The first-order valence-electron chi connectivity index (χ1n) is 7.02. The van der Waals surface area contributed by atoms with E-state index < -0.39 is 11.6 Å². The molecule has 7 heteroatoms. The minimum atomic E-state index is -0.810. The van der Waals surface area contributed by atoms with Crippen molar-refractivity contribution in [2.75, 3.05) is 5.73 Å². The number of anilines is 1. The van der Waals surface area contributed by atoms with Crippen molar-refractivity contribution in [1.29, 1.82) is 5.26 Å². The van der Waals surface area contributed by atoms with Crippen molar-refractivity contribution >= 4 is 29.0 Å². The quantitative estimate of drug-likeness (QED) is 0.647. The number of nitrogens with zero attached hydrogens (tertiary/aromatic N) is 2. The van der Waals surface area contributed by atoms with Crippen LogP contribution in [0.2, 0.25) is 10.0 Å². The number of rotatable bonds is 2. The minimum Gasteiger partial charge on any atom is -0.383 e. The van der Waals surface area contributed by atoms with Crippen LogP contribution >= 0.6 is 23.2 Å². The van der Waals surface area contributed by atoms with E-state index in [1.807, 2.05) is 6.07 Å². The van der Waals surface area contributed by atoms with Crippen LogP contribution in [0.5, 0.6) is 0 Å². The highest BCUT2D eigenvalue weighted by molar-refractivity contribution is 6.36. The molecule has 0 aliphatic heterocycles. The lowest BCUT2D eigenvalue weighted by Crippen LogP contribution is -2.01. The molecule has 1 aromatic heterocycles. The first-order chi connectivity index (χ1) is 11.9. The van der Waals surface area contributed by atoms with Gasteiger partial charge in [0.15, 0.2) is 0 Å². The molecule has 25 heavy (non-hydrogen) atoms. The zero-order chi connectivity index (χ0) is 18.1. The van der Waals surface area contributed by atoms with Gasteiger partial charge in [-0.3, -0.25) is 0 Å². The highest BCUT2D eigenvalue weighted by Crippen LogP contribution is 2.35. The van der Waals surface area contributed by atoms with Gasteiger partial charge >= 0.3 is 0 Å². The standard InChI is InChI=1S/C18H9Cl2F2N3/c19-9-1-3-12(15(20)5-9)17-7-13(14(8-23)18(24)25-17)11-4-2-10(21)6-16(11)22/h1-7H,(H2,24,25). The summed E-state index contributed by atoms with van der Waals surface area (Å²) in [7, 11) is 0. The minimum absolute atomic E-state index is 0.000607. The maximum atomic E-state index is 14.2. The van der Waals surface area contributed by atoms with Crippen molar-refractivity contribution in [2.24, 2.45) is 0 Å². The second-order valence-corrected chi connectivity index (χ2v) is 6.02. The van der Waals surface area contributed by atoms with Gasteiger partial charge in [0.05, 0.1) is 10.7 Å². The molecule has 3 rings (SSSR count). The zero-order valence-corrected chi connectivity index (χ0v) is 14.0. The Morgan fingerprint density at radius 2 is 1.68 bits per heavy atom. The maximum absolute atomic E-state index is 14.2. The van der Waals surface area contributed by atoms with E-state index in [1.54, 1.807) is 12.1 Å². The number of nitrogens with two attached hydrogens (primary N) is 1. The second-order valence-electron chi connectivity index (χ2n) is 5.18. The van der Waals surface area contributed by atoms with Crippen LogP contribution in [0.15, 0.2) is 42.5 Å². The molecule has 124 valence electrons. The van der Waals surface area contributed by atoms with Crippen molar-refractivity contribution in [3.8, 4) is 28.5 Å². The predicted molar refractivity (Wildman–Crippen MR) is 94.2 cm³/mol. The van der Waals surface area contributed by atoms with Crippen LogP contribution in [0.4, 0.5) is 14.6 Å². The number of hydrogen-bond donors (Lipinski definition) is 1. The van der Waals surface area contributed by atoms with Crippen LogP contribution in [0.25, 0.3) is 22.4 Å². The number of halogens is 4. The molecule has 1 heterocycles. The van der Waals surface area contributed by atoms with Gasteiger partial charge in [-0.25, -0.2) is 13.8 Å². The van der Waals surface area contributed by atoms with Crippen molar-refractivity contribution < 1.29 is 8.78 Å². The van der Waals surface area contributed by atoms with Crippen molar-refractivity contribution in [2.45, 2.75) is 0 Å². The van der Waals surface area contributed by atoms with E-state index in [-0.39, 0.29) is 22.5 Å². The average Bonchev–Trinajstić information content (AvgIpc) is 2.54. The molecular weight excluding hydrogens is 367 g/mol. The van der Waals surface area contributed by atoms with Gasteiger partial charge in [-0.15, -0.1) is 0 Å². The predicted octanol–water partition coefficient (Wildman–Crippen LogP) is 5.45. The average molecular weight is 376 g/mol. The molecule has 0 spiro atoms. The fourth-order valence-electron chi connectivity index (χ4n) is 2.44. The third-order valence-electron chi connectivity index (χ3n) is 3.59. The van der Waals surface area contributed by atoms with Crippen LogP contribution in [-0.2, 0) is 0 Å². The molecule has 0 bridgehead atoms. The van der Waals surface area contributed by atoms with E-state index in [4.69, 9.17) is 28.9 Å². The molecule has 0 amide bonds. The third-order valence-corrected chi connectivity index (χ3v) is 4.14. The number of nitrogen functional groups attached to an aromatic ring is 1. The van der Waals surface area contributed by atoms with Gasteiger partial charge in [0.2, 0.25) is 0 Å². The molecule has 0 saturated carbocycles. The summed E-state index contributed by atoms with van der Waals surface area (Å²) in [5.74, 6) is -1.61. The van der Waals surface area contributed by atoms with Crippen LogP contribution in [0.3, 0.4) is 0 Å². The fraction of sp³-hybridized carbons (Fsp3) is 0. The smallest absolute Gasteiger partial charge is 0.142 e. The topological polar surface area (TPSA) is 62.7 Å². The summed E-state index contributed by atoms with van der Waals surface area (Å²) in [4.78, 5) is 4.17. The summed E-state index contributed by atoms with van der Waals surface area (Å²) in [5.41, 5.74) is 6.97. The Balaban J connectivity index is 2.28. The Hall–Kier alpha value is -2.68. The normalized spacial score (nSPS) is 10.5. The second kappa shape index (κ2) is 6.67. The Kier molecular flexibility index (Phi) is 4.58. The largest absolute Gasteiger partial charge is 0.383 e. The SMILES string of the molecule is N#Cc1c(-c2ccc(F)cc2F)cc(-c2ccc(Cl)cc2Cl)nc1N. The lowest BCUT2D eigenvalue weighted by atomic mass is 9.98. The Labute approximate surface area is 152 Å². The molecule has 0 saturated heterocycles. The fourth-order valence-corrected chi connectivity index (χ4v) is 2.94. The van der Waals surface area contributed by atoms with Crippen molar-refractivity contribution in [3.05, 3.63) is 69.7 Å². The van der Waals surface area contributed by atoms with Crippen molar-refractivity contribution in [1.82, 2.24) is 4.98 Å². The van der Waals surface area contributed by atoms with Gasteiger partial charge in [0, 0.05) is 27.8 Å². The zero-order valence-electron chi connectivity index (χ0n) is 12.5. The molecule has 0 aliphatic rings.